The van der Waals surface area contributed by atoms with Crippen molar-refractivity contribution in [3.8, 4) is 0 Å². The van der Waals surface area contributed by atoms with Gasteiger partial charge in [0.05, 0.1) is 7.11 Å². The molecule has 0 bridgehead atoms. The fourth-order valence-corrected chi connectivity index (χ4v) is 0.857. The second-order valence-electron chi connectivity index (χ2n) is 2.49. The van der Waals surface area contributed by atoms with Crippen molar-refractivity contribution in [2.75, 3.05) is 7.11 Å². The zero-order valence-corrected chi connectivity index (χ0v) is 10.9. The molecule has 0 aliphatic heterocycles. The molecule has 86 valence electrons. The van der Waals surface area contributed by atoms with E-state index in [4.69, 9.17) is 4.74 Å². The first kappa shape index (κ1) is 16.2. The van der Waals surface area contributed by atoms with Gasteiger partial charge in [0, 0.05) is 5.56 Å². The van der Waals surface area contributed by atoms with Crippen LogP contribution in [0.4, 0.5) is 0 Å². The maximum absolute atomic E-state index is 4.98. The molecular formula is C14H24O. The maximum Gasteiger partial charge on any atom is 0.118 e. The van der Waals surface area contributed by atoms with Crippen LogP contribution >= 0.6 is 0 Å². The molecule has 1 rings (SSSR count). The van der Waals surface area contributed by atoms with Crippen molar-refractivity contribution >= 4 is 5.76 Å². The first-order chi connectivity index (χ1) is 7.24. The Labute approximate surface area is 94.8 Å². The minimum atomic E-state index is 0.713. The van der Waals surface area contributed by atoms with Gasteiger partial charge in [-0.2, -0.15) is 0 Å². The summed E-state index contributed by atoms with van der Waals surface area (Å²) in [5, 5.41) is 0. The lowest BCUT2D eigenvalue weighted by molar-refractivity contribution is 0.371. The van der Waals surface area contributed by atoms with Crippen LogP contribution < -0.4 is 0 Å². The van der Waals surface area contributed by atoms with Crippen LogP contribution in [0.2, 0.25) is 0 Å². The molecule has 0 aromatic heterocycles. The molecule has 0 saturated heterocycles. The summed E-state index contributed by atoms with van der Waals surface area (Å²) >= 11 is 0. The van der Waals surface area contributed by atoms with E-state index in [1.807, 2.05) is 52.0 Å². The van der Waals surface area contributed by atoms with Gasteiger partial charge >= 0.3 is 0 Å². The number of benzene rings is 1. The summed E-state index contributed by atoms with van der Waals surface area (Å²) in [5.74, 6) is 0.713. The predicted octanol–water partition coefficient (Wildman–Crippen LogP) is 4.66. The van der Waals surface area contributed by atoms with E-state index in [1.54, 1.807) is 7.11 Å². The zero-order valence-electron chi connectivity index (χ0n) is 10.9. The van der Waals surface area contributed by atoms with E-state index in [0.717, 1.165) is 5.56 Å². The number of hydrogen-bond donors (Lipinski definition) is 0. The number of methoxy groups -OCH3 is 1. The molecule has 0 atom stereocenters. The first-order valence-electron chi connectivity index (χ1n) is 5.54. The van der Waals surface area contributed by atoms with Crippen molar-refractivity contribution in [1.29, 1.82) is 0 Å². The van der Waals surface area contributed by atoms with Crippen molar-refractivity contribution in [3.63, 3.8) is 0 Å². The molecule has 0 saturated carbocycles. The molecule has 0 radical (unpaired) electrons. The minimum Gasteiger partial charge on any atom is -0.497 e. The molecule has 1 aromatic rings. The van der Waals surface area contributed by atoms with Gasteiger partial charge in [0.15, 0.2) is 0 Å². The summed E-state index contributed by atoms with van der Waals surface area (Å²) in [4.78, 5) is 0. The summed E-state index contributed by atoms with van der Waals surface area (Å²) in [6, 6.07) is 8.08. The van der Waals surface area contributed by atoms with Crippen LogP contribution in [-0.2, 0) is 4.74 Å². The number of aryl methyl sites for hydroxylation is 1. The third kappa shape index (κ3) is 6.78. The highest BCUT2D eigenvalue weighted by atomic mass is 16.5. The standard InChI is InChI=1S/C10H12O.2C2H6/c1-8-4-6-10(7-5-8)9(2)11-3;2*1-2/h4-7H,2H2,1,3H3;2*1-2H3. The molecule has 0 heterocycles. The molecule has 1 nitrogen and oxygen atoms in total. The average Bonchev–Trinajstić information content (AvgIpc) is 2.34. The Morgan fingerprint density at radius 3 is 1.73 bits per heavy atom. The summed E-state index contributed by atoms with van der Waals surface area (Å²) in [6.45, 7) is 13.8. The Hall–Kier alpha value is -1.24. The van der Waals surface area contributed by atoms with Crippen molar-refractivity contribution in [1.82, 2.24) is 0 Å². The molecule has 0 N–H and O–H groups in total. The maximum atomic E-state index is 4.98. The summed E-state index contributed by atoms with van der Waals surface area (Å²) < 4.78 is 4.98. The highest BCUT2D eigenvalue weighted by Crippen LogP contribution is 2.12. The van der Waals surface area contributed by atoms with Crippen molar-refractivity contribution < 1.29 is 4.74 Å². The van der Waals surface area contributed by atoms with Crippen LogP contribution in [0.15, 0.2) is 30.8 Å². The van der Waals surface area contributed by atoms with Crippen molar-refractivity contribution in [2.24, 2.45) is 0 Å². The van der Waals surface area contributed by atoms with E-state index < -0.39 is 0 Å². The van der Waals surface area contributed by atoms with E-state index in [9.17, 15) is 0 Å². The van der Waals surface area contributed by atoms with Gasteiger partial charge in [-0.3, -0.25) is 0 Å². The smallest absolute Gasteiger partial charge is 0.118 e. The highest BCUT2D eigenvalue weighted by Gasteiger charge is 1.94. The van der Waals surface area contributed by atoms with Crippen molar-refractivity contribution in [2.45, 2.75) is 34.6 Å². The SMILES string of the molecule is C=C(OC)c1ccc(C)cc1.CC.CC. The van der Waals surface area contributed by atoms with Gasteiger partial charge in [-0.1, -0.05) is 64.1 Å². The zero-order chi connectivity index (χ0) is 12.3. The Morgan fingerprint density at radius 2 is 1.40 bits per heavy atom. The summed E-state index contributed by atoms with van der Waals surface area (Å²) in [6.07, 6.45) is 0. The number of rotatable bonds is 2. The van der Waals surface area contributed by atoms with Crippen LogP contribution in [-0.4, -0.2) is 7.11 Å². The molecule has 0 spiro atoms. The Balaban J connectivity index is 0. The third-order valence-corrected chi connectivity index (χ3v) is 1.62. The molecule has 0 aliphatic carbocycles. The molecule has 0 amide bonds. The van der Waals surface area contributed by atoms with Gasteiger partial charge in [0.25, 0.3) is 0 Å². The summed E-state index contributed by atoms with van der Waals surface area (Å²) in [5.41, 5.74) is 2.29. The quantitative estimate of drug-likeness (QED) is 0.642. The lowest BCUT2D eigenvalue weighted by Crippen LogP contribution is -1.84. The van der Waals surface area contributed by atoms with Crippen LogP contribution in [0, 0.1) is 6.92 Å². The van der Waals surface area contributed by atoms with Gasteiger partial charge in [0.1, 0.15) is 5.76 Å². The lowest BCUT2D eigenvalue weighted by atomic mass is 10.1. The third-order valence-electron chi connectivity index (χ3n) is 1.62. The van der Waals surface area contributed by atoms with Gasteiger partial charge in [0.2, 0.25) is 0 Å². The van der Waals surface area contributed by atoms with Gasteiger partial charge < -0.3 is 4.74 Å². The van der Waals surface area contributed by atoms with E-state index in [-0.39, 0.29) is 0 Å². The Kier molecular flexibility index (Phi) is 11.7. The minimum absolute atomic E-state index is 0.713. The van der Waals surface area contributed by atoms with Gasteiger partial charge in [-0.05, 0) is 6.92 Å². The van der Waals surface area contributed by atoms with E-state index in [2.05, 4.69) is 13.5 Å². The Bertz CT molecular complexity index is 247. The average molecular weight is 208 g/mol. The van der Waals surface area contributed by atoms with E-state index >= 15 is 0 Å². The summed E-state index contributed by atoms with van der Waals surface area (Å²) in [7, 11) is 1.63. The normalized spacial score (nSPS) is 7.60. The van der Waals surface area contributed by atoms with E-state index in [0.29, 0.717) is 5.76 Å². The molecular weight excluding hydrogens is 184 g/mol. The number of ether oxygens (including phenoxy) is 1. The van der Waals surface area contributed by atoms with Crippen LogP contribution in [0.5, 0.6) is 0 Å². The van der Waals surface area contributed by atoms with Crippen LogP contribution in [0.1, 0.15) is 38.8 Å². The second-order valence-corrected chi connectivity index (χ2v) is 2.49. The predicted molar refractivity (Wildman–Crippen MR) is 69.9 cm³/mol. The van der Waals surface area contributed by atoms with Crippen LogP contribution in [0.3, 0.4) is 0 Å². The van der Waals surface area contributed by atoms with Gasteiger partial charge in [-0.15, -0.1) is 0 Å². The van der Waals surface area contributed by atoms with Crippen molar-refractivity contribution in [3.05, 3.63) is 42.0 Å². The topological polar surface area (TPSA) is 9.23 Å². The molecule has 1 aromatic carbocycles. The largest absolute Gasteiger partial charge is 0.497 e. The molecule has 0 aliphatic rings. The molecule has 15 heavy (non-hydrogen) atoms. The highest BCUT2D eigenvalue weighted by molar-refractivity contribution is 5.57. The molecule has 0 fully saturated rings. The monoisotopic (exact) mass is 208 g/mol. The van der Waals surface area contributed by atoms with Crippen LogP contribution in [0.25, 0.3) is 5.76 Å². The number of hydrogen-bond acceptors (Lipinski definition) is 1. The molecule has 1 heteroatoms. The van der Waals surface area contributed by atoms with Gasteiger partial charge in [-0.25, -0.2) is 0 Å². The lowest BCUT2D eigenvalue weighted by Gasteiger charge is -2.03. The second kappa shape index (κ2) is 10.8. The fourth-order valence-electron chi connectivity index (χ4n) is 0.857. The van der Waals surface area contributed by atoms with E-state index in [1.165, 1.54) is 5.56 Å². The fraction of sp³-hybridized carbons (Fsp3) is 0.429. The Morgan fingerprint density at radius 1 is 1.00 bits per heavy atom. The first-order valence-corrected chi connectivity index (χ1v) is 5.54. The molecule has 0 unspecified atom stereocenters.